The predicted molar refractivity (Wildman–Crippen MR) is 55.9 cm³/mol. The van der Waals surface area contributed by atoms with E-state index in [0.717, 1.165) is 4.90 Å². The summed E-state index contributed by atoms with van der Waals surface area (Å²) in [4.78, 5) is 33.6. The van der Waals surface area contributed by atoms with Gasteiger partial charge in [0.05, 0.1) is 0 Å². The van der Waals surface area contributed by atoms with Gasteiger partial charge >= 0.3 is 11.9 Å². The molecule has 0 aliphatic heterocycles. The Morgan fingerprint density at radius 1 is 1.00 bits per heavy atom. The van der Waals surface area contributed by atoms with Crippen LogP contribution < -0.4 is 0 Å². The lowest BCUT2D eigenvalue weighted by Crippen LogP contribution is -2.43. The molecule has 16 heavy (non-hydrogen) atoms. The third-order valence-corrected chi connectivity index (χ3v) is 2.35. The molecule has 1 unspecified atom stereocenters. The Balaban J connectivity index is 4.67. The van der Waals surface area contributed by atoms with Crippen LogP contribution >= 0.6 is 0 Å². The summed E-state index contributed by atoms with van der Waals surface area (Å²) in [6.45, 7) is 4.14. The number of carbonyl (C=O) groups excluding carboxylic acids is 1. The molecule has 0 radical (unpaired) electrons. The van der Waals surface area contributed by atoms with Gasteiger partial charge in [0, 0.05) is 5.92 Å². The maximum atomic E-state index is 11.8. The molecule has 0 heterocycles. The lowest BCUT2D eigenvalue weighted by molar-refractivity contribution is -0.151. The molecular weight excluding hydrogens is 214 g/mol. The quantitative estimate of drug-likeness (QED) is 0.684. The second-order valence-corrected chi connectivity index (χ2v) is 4.01. The van der Waals surface area contributed by atoms with Crippen molar-refractivity contribution in [2.45, 2.75) is 20.8 Å². The van der Waals surface area contributed by atoms with E-state index in [2.05, 4.69) is 0 Å². The van der Waals surface area contributed by atoms with Gasteiger partial charge in [-0.2, -0.15) is 0 Å². The molecule has 0 rings (SSSR count). The van der Waals surface area contributed by atoms with Crippen LogP contribution in [0, 0.1) is 11.8 Å². The van der Waals surface area contributed by atoms with E-state index in [1.54, 1.807) is 6.92 Å². The Morgan fingerprint density at radius 2 is 1.38 bits per heavy atom. The van der Waals surface area contributed by atoms with Crippen molar-refractivity contribution in [2.75, 3.05) is 13.1 Å². The van der Waals surface area contributed by atoms with Gasteiger partial charge in [0.25, 0.3) is 0 Å². The van der Waals surface area contributed by atoms with E-state index in [9.17, 15) is 14.4 Å². The fraction of sp³-hybridized carbons (Fsp3) is 0.700. The molecule has 0 aromatic rings. The lowest BCUT2D eigenvalue weighted by Gasteiger charge is -2.24. The number of hydrogen-bond acceptors (Lipinski definition) is 3. The minimum Gasteiger partial charge on any atom is -0.480 e. The van der Waals surface area contributed by atoms with Gasteiger partial charge in [-0.25, -0.2) is 0 Å². The fourth-order valence-corrected chi connectivity index (χ4v) is 1.11. The maximum Gasteiger partial charge on any atom is 0.323 e. The molecule has 1 amide bonds. The van der Waals surface area contributed by atoms with E-state index in [1.807, 2.05) is 13.8 Å². The van der Waals surface area contributed by atoms with Gasteiger partial charge in [0.1, 0.15) is 13.1 Å². The Hall–Kier alpha value is -1.59. The smallest absolute Gasteiger partial charge is 0.323 e. The van der Waals surface area contributed by atoms with E-state index in [-0.39, 0.29) is 5.92 Å². The largest absolute Gasteiger partial charge is 0.480 e. The van der Waals surface area contributed by atoms with Gasteiger partial charge in [-0.15, -0.1) is 0 Å². The average molecular weight is 231 g/mol. The summed E-state index contributed by atoms with van der Waals surface area (Å²) in [5, 5.41) is 17.2. The third-order valence-electron chi connectivity index (χ3n) is 2.35. The molecule has 0 bridgehead atoms. The molecule has 0 saturated heterocycles. The van der Waals surface area contributed by atoms with Crippen LogP contribution in [0.2, 0.25) is 0 Å². The molecule has 0 spiro atoms. The van der Waals surface area contributed by atoms with Gasteiger partial charge in [-0.1, -0.05) is 20.8 Å². The number of hydrogen-bond donors (Lipinski definition) is 2. The van der Waals surface area contributed by atoms with Gasteiger partial charge < -0.3 is 15.1 Å². The normalized spacial score (nSPS) is 12.2. The number of rotatable bonds is 6. The van der Waals surface area contributed by atoms with Gasteiger partial charge in [0.15, 0.2) is 0 Å². The van der Waals surface area contributed by atoms with Gasteiger partial charge in [0.2, 0.25) is 5.91 Å². The van der Waals surface area contributed by atoms with Crippen molar-refractivity contribution in [3.8, 4) is 0 Å². The molecule has 6 heteroatoms. The van der Waals surface area contributed by atoms with Crippen molar-refractivity contribution < 1.29 is 24.6 Å². The summed E-state index contributed by atoms with van der Waals surface area (Å²) in [6.07, 6.45) is 0. The number of aliphatic carboxylic acids is 2. The molecule has 92 valence electrons. The highest BCUT2D eigenvalue weighted by Crippen LogP contribution is 2.13. The van der Waals surface area contributed by atoms with Crippen LogP contribution in [-0.2, 0) is 14.4 Å². The topological polar surface area (TPSA) is 94.9 Å². The van der Waals surface area contributed by atoms with Crippen molar-refractivity contribution >= 4 is 17.8 Å². The van der Waals surface area contributed by atoms with E-state index < -0.39 is 36.9 Å². The first kappa shape index (κ1) is 14.4. The standard InChI is InChI=1S/C10H17NO5/c1-6(2)7(3)10(16)11(4-8(12)13)5-9(14)15/h6-7H,4-5H2,1-3H3,(H,12,13)(H,14,15). The minimum atomic E-state index is -1.22. The summed E-state index contributed by atoms with van der Waals surface area (Å²) in [6, 6.07) is 0. The molecule has 0 aromatic carbocycles. The molecule has 0 saturated carbocycles. The van der Waals surface area contributed by atoms with Crippen molar-refractivity contribution in [1.29, 1.82) is 0 Å². The molecule has 0 aromatic heterocycles. The van der Waals surface area contributed by atoms with Crippen LogP contribution in [0.5, 0.6) is 0 Å². The van der Waals surface area contributed by atoms with Crippen LogP contribution in [0.15, 0.2) is 0 Å². The Morgan fingerprint density at radius 3 is 1.62 bits per heavy atom. The van der Waals surface area contributed by atoms with E-state index >= 15 is 0 Å². The summed E-state index contributed by atoms with van der Waals surface area (Å²) in [7, 11) is 0. The highest BCUT2D eigenvalue weighted by atomic mass is 16.4. The lowest BCUT2D eigenvalue weighted by atomic mass is 9.96. The number of amides is 1. The summed E-state index contributed by atoms with van der Waals surface area (Å²) < 4.78 is 0. The summed E-state index contributed by atoms with van der Waals surface area (Å²) in [5.74, 6) is -3.23. The zero-order chi connectivity index (χ0) is 12.9. The van der Waals surface area contributed by atoms with Gasteiger partial charge in [-0.3, -0.25) is 14.4 Å². The van der Waals surface area contributed by atoms with Gasteiger partial charge in [-0.05, 0) is 5.92 Å². The molecule has 0 fully saturated rings. The SMILES string of the molecule is CC(C)C(C)C(=O)N(CC(=O)O)CC(=O)O. The number of nitrogens with zero attached hydrogens (tertiary/aromatic N) is 1. The third kappa shape index (κ3) is 4.77. The fourth-order valence-electron chi connectivity index (χ4n) is 1.11. The van der Waals surface area contributed by atoms with E-state index in [1.165, 1.54) is 0 Å². The highest BCUT2D eigenvalue weighted by molar-refractivity contribution is 5.86. The van der Waals surface area contributed by atoms with Crippen molar-refractivity contribution in [2.24, 2.45) is 11.8 Å². The molecule has 0 aliphatic rings. The molecule has 2 N–H and O–H groups in total. The van der Waals surface area contributed by atoms with E-state index in [0.29, 0.717) is 0 Å². The summed E-state index contributed by atoms with van der Waals surface area (Å²) in [5.41, 5.74) is 0. The van der Waals surface area contributed by atoms with Crippen LogP contribution in [0.4, 0.5) is 0 Å². The monoisotopic (exact) mass is 231 g/mol. The van der Waals surface area contributed by atoms with Crippen LogP contribution in [0.3, 0.4) is 0 Å². The Bertz CT molecular complexity index is 271. The van der Waals surface area contributed by atoms with Crippen molar-refractivity contribution in [3.05, 3.63) is 0 Å². The number of carboxylic acids is 2. The minimum absolute atomic E-state index is 0.0394. The average Bonchev–Trinajstić information content (AvgIpc) is 2.12. The van der Waals surface area contributed by atoms with Crippen LogP contribution in [0.25, 0.3) is 0 Å². The second-order valence-electron chi connectivity index (χ2n) is 4.01. The van der Waals surface area contributed by atoms with E-state index in [4.69, 9.17) is 10.2 Å². The zero-order valence-electron chi connectivity index (χ0n) is 9.64. The van der Waals surface area contributed by atoms with Crippen LogP contribution in [0.1, 0.15) is 20.8 Å². The molecule has 6 nitrogen and oxygen atoms in total. The zero-order valence-corrected chi connectivity index (χ0v) is 9.64. The summed E-state index contributed by atoms with van der Waals surface area (Å²) >= 11 is 0. The second kappa shape index (κ2) is 6.09. The maximum absolute atomic E-state index is 11.8. The highest BCUT2D eigenvalue weighted by Gasteiger charge is 2.26. The Kier molecular flexibility index (Phi) is 5.49. The Labute approximate surface area is 93.9 Å². The first-order valence-corrected chi connectivity index (χ1v) is 4.98. The predicted octanol–water partition coefficient (Wildman–Crippen LogP) is 0.276. The first-order chi connectivity index (χ1) is 7.25. The molecule has 1 atom stereocenters. The first-order valence-electron chi connectivity index (χ1n) is 4.98. The van der Waals surface area contributed by atoms with Crippen LogP contribution in [-0.4, -0.2) is 46.0 Å². The number of carboxylic acid groups (broad SMARTS) is 2. The number of carbonyl (C=O) groups is 3. The van der Waals surface area contributed by atoms with Crippen molar-refractivity contribution in [1.82, 2.24) is 4.90 Å². The molecular formula is C10H17NO5. The molecule has 0 aliphatic carbocycles. The van der Waals surface area contributed by atoms with Crippen molar-refractivity contribution in [3.63, 3.8) is 0 Å².